The van der Waals surface area contributed by atoms with Gasteiger partial charge in [0.25, 0.3) is 0 Å². The fourth-order valence-electron chi connectivity index (χ4n) is 3.33. The number of piperazine rings is 1. The molecule has 2 heterocycles. The Hall–Kier alpha value is -2.24. The lowest BCUT2D eigenvalue weighted by atomic mass is 10.0. The van der Waals surface area contributed by atoms with Crippen LogP contribution in [-0.2, 0) is 11.3 Å². The largest absolute Gasteiger partial charge is 0.338 e. The number of nitrogens with zero attached hydrogens (tertiary/aromatic N) is 4. The number of amides is 1. The third-order valence-electron chi connectivity index (χ3n) is 4.77. The van der Waals surface area contributed by atoms with Crippen molar-refractivity contribution >= 4 is 5.91 Å². The van der Waals surface area contributed by atoms with Gasteiger partial charge in [-0.15, -0.1) is 0 Å². The van der Waals surface area contributed by atoms with Crippen LogP contribution in [0.15, 0.2) is 54.9 Å². The van der Waals surface area contributed by atoms with Crippen LogP contribution in [0.4, 0.5) is 0 Å². The molecule has 0 bridgehead atoms. The molecule has 0 saturated carbocycles. The molecule has 0 unspecified atom stereocenters. The zero-order valence-electron chi connectivity index (χ0n) is 15.0. The van der Waals surface area contributed by atoms with Crippen LogP contribution in [0, 0.1) is 0 Å². The minimum atomic E-state index is 0.195. The summed E-state index contributed by atoms with van der Waals surface area (Å²) in [5.74, 6) is 0.195. The second-order valence-corrected chi connectivity index (χ2v) is 6.78. The molecule has 1 aliphatic rings. The second kappa shape index (κ2) is 8.23. The Kier molecular flexibility index (Phi) is 5.79. The van der Waals surface area contributed by atoms with Crippen LogP contribution in [0.2, 0.25) is 0 Å². The normalized spacial score (nSPS) is 18.5. The van der Waals surface area contributed by atoms with Crippen LogP contribution in [0.3, 0.4) is 0 Å². The average molecular weight is 338 g/mol. The maximum absolute atomic E-state index is 12.7. The molecule has 0 radical (unpaired) electrons. The van der Waals surface area contributed by atoms with E-state index in [-0.39, 0.29) is 11.9 Å². The average Bonchev–Trinajstić information content (AvgIpc) is 2.63. The van der Waals surface area contributed by atoms with Crippen LogP contribution in [-0.4, -0.2) is 65.9 Å². The first kappa shape index (κ1) is 17.6. The lowest BCUT2D eigenvalue weighted by molar-refractivity contribution is -0.135. The fourth-order valence-corrected chi connectivity index (χ4v) is 3.33. The van der Waals surface area contributed by atoms with Crippen molar-refractivity contribution in [2.75, 3.05) is 40.3 Å². The molecule has 1 amide bonds. The summed E-state index contributed by atoms with van der Waals surface area (Å²) in [7, 11) is 4.11. The molecule has 0 aliphatic carbocycles. The van der Waals surface area contributed by atoms with Crippen molar-refractivity contribution in [2.45, 2.75) is 12.6 Å². The van der Waals surface area contributed by atoms with E-state index in [0.29, 0.717) is 6.54 Å². The van der Waals surface area contributed by atoms with E-state index in [0.717, 1.165) is 31.7 Å². The van der Waals surface area contributed by atoms with Crippen LogP contribution in [0.25, 0.3) is 0 Å². The molecule has 25 heavy (non-hydrogen) atoms. The van der Waals surface area contributed by atoms with Gasteiger partial charge in [-0.1, -0.05) is 36.4 Å². The minimum absolute atomic E-state index is 0.195. The predicted molar refractivity (Wildman–Crippen MR) is 99.0 cm³/mol. The lowest BCUT2D eigenvalue weighted by Gasteiger charge is -2.40. The van der Waals surface area contributed by atoms with Gasteiger partial charge in [-0.2, -0.15) is 0 Å². The molecule has 1 fully saturated rings. The first-order valence-electron chi connectivity index (χ1n) is 8.74. The molecule has 3 rings (SSSR count). The van der Waals surface area contributed by atoms with E-state index < -0.39 is 0 Å². The molecule has 1 saturated heterocycles. The molecular weight excluding hydrogens is 312 g/mol. The number of pyridine rings is 1. The SMILES string of the molecule is CN(CC(=O)N1CCN(C)[C@@H](c2ccccc2)C1)Cc1cccnc1. The minimum Gasteiger partial charge on any atom is -0.338 e. The molecular formula is C20H26N4O. The molecule has 5 heteroatoms. The summed E-state index contributed by atoms with van der Waals surface area (Å²) < 4.78 is 0. The Morgan fingerprint density at radius 1 is 1.20 bits per heavy atom. The summed E-state index contributed by atoms with van der Waals surface area (Å²) in [5.41, 5.74) is 2.39. The van der Waals surface area contributed by atoms with E-state index >= 15 is 0 Å². The molecule has 2 aromatic rings. The highest BCUT2D eigenvalue weighted by Crippen LogP contribution is 2.23. The molecule has 0 spiro atoms. The smallest absolute Gasteiger partial charge is 0.236 e. The van der Waals surface area contributed by atoms with Crippen molar-refractivity contribution in [2.24, 2.45) is 0 Å². The van der Waals surface area contributed by atoms with Crippen molar-refractivity contribution in [3.63, 3.8) is 0 Å². The van der Waals surface area contributed by atoms with Gasteiger partial charge in [-0.05, 0) is 31.3 Å². The summed E-state index contributed by atoms with van der Waals surface area (Å²) in [5, 5.41) is 0. The van der Waals surface area contributed by atoms with E-state index in [4.69, 9.17) is 0 Å². The number of aromatic nitrogens is 1. The van der Waals surface area contributed by atoms with Crippen LogP contribution < -0.4 is 0 Å². The number of hydrogen-bond acceptors (Lipinski definition) is 4. The van der Waals surface area contributed by atoms with Crippen LogP contribution in [0.1, 0.15) is 17.2 Å². The topological polar surface area (TPSA) is 39.7 Å². The molecule has 1 aromatic carbocycles. The highest BCUT2D eigenvalue weighted by molar-refractivity contribution is 5.78. The van der Waals surface area contributed by atoms with Gasteiger partial charge >= 0.3 is 0 Å². The van der Waals surface area contributed by atoms with Gasteiger partial charge < -0.3 is 4.90 Å². The van der Waals surface area contributed by atoms with Crippen molar-refractivity contribution in [3.05, 3.63) is 66.0 Å². The van der Waals surface area contributed by atoms with Gasteiger partial charge in [-0.25, -0.2) is 0 Å². The third-order valence-corrected chi connectivity index (χ3v) is 4.77. The first-order valence-corrected chi connectivity index (χ1v) is 8.74. The Labute approximate surface area is 149 Å². The lowest BCUT2D eigenvalue weighted by Crippen LogP contribution is -2.51. The summed E-state index contributed by atoms with van der Waals surface area (Å²) in [6, 6.07) is 14.7. The number of carbonyl (C=O) groups excluding carboxylic acids is 1. The maximum atomic E-state index is 12.7. The summed E-state index contributed by atoms with van der Waals surface area (Å²) >= 11 is 0. The van der Waals surface area contributed by atoms with Gasteiger partial charge in [0, 0.05) is 38.6 Å². The molecule has 132 valence electrons. The van der Waals surface area contributed by atoms with Crippen LogP contribution in [0.5, 0.6) is 0 Å². The Bertz CT molecular complexity index is 677. The number of likely N-dealkylation sites (N-methyl/N-ethyl adjacent to an activating group) is 2. The second-order valence-electron chi connectivity index (χ2n) is 6.78. The Balaban J connectivity index is 1.58. The standard InChI is InChI=1S/C20H26N4O/c1-22(14-17-7-6-10-21-13-17)16-20(25)24-12-11-23(2)19(15-24)18-8-4-3-5-9-18/h3-10,13,19H,11-12,14-16H2,1-2H3/t19-/m1/s1. The van der Waals surface area contributed by atoms with E-state index in [1.54, 1.807) is 6.20 Å². The third kappa shape index (κ3) is 4.65. The molecule has 1 atom stereocenters. The van der Waals surface area contributed by atoms with Crippen molar-refractivity contribution < 1.29 is 4.79 Å². The molecule has 1 aromatic heterocycles. The maximum Gasteiger partial charge on any atom is 0.236 e. The highest BCUT2D eigenvalue weighted by atomic mass is 16.2. The summed E-state index contributed by atoms with van der Waals surface area (Å²) in [6.45, 7) is 3.60. The quantitative estimate of drug-likeness (QED) is 0.836. The van der Waals surface area contributed by atoms with Gasteiger partial charge in [0.2, 0.25) is 5.91 Å². The van der Waals surface area contributed by atoms with Gasteiger partial charge in [0.1, 0.15) is 0 Å². The van der Waals surface area contributed by atoms with Crippen molar-refractivity contribution in [1.82, 2.24) is 19.7 Å². The zero-order valence-corrected chi connectivity index (χ0v) is 15.0. The molecule has 0 N–H and O–H groups in total. The van der Waals surface area contributed by atoms with Crippen molar-refractivity contribution in [1.29, 1.82) is 0 Å². The van der Waals surface area contributed by atoms with E-state index in [2.05, 4.69) is 46.1 Å². The summed E-state index contributed by atoms with van der Waals surface area (Å²) in [4.78, 5) is 23.2. The first-order chi connectivity index (χ1) is 12.1. The van der Waals surface area contributed by atoms with E-state index in [1.807, 2.05) is 36.3 Å². The number of hydrogen-bond donors (Lipinski definition) is 0. The highest BCUT2D eigenvalue weighted by Gasteiger charge is 2.28. The van der Waals surface area contributed by atoms with Crippen LogP contribution >= 0.6 is 0 Å². The van der Waals surface area contributed by atoms with Gasteiger partial charge in [0.05, 0.1) is 12.6 Å². The van der Waals surface area contributed by atoms with E-state index in [1.165, 1.54) is 5.56 Å². The van der Waals surface area contributed by atoms with E-state index in [9.17, 15) is 4.79 Å². The Morgan fingerprint density at radius 2 is 2.00 bits per heavy atom. The Morgan fingerprint density at radius 3 is 2.72 bits per heavy atom. The predicted octanol–water partition coefficient (Wildman–Crippen LogP) is 2.03. The molecule has 1 aliphatic heterocycles. The number of benzene rings is 1. The van der Waals surface area contributed by atoms with Gasteiger partial charge in [0.15, 0.2) is 0 Å². The van der Waals surface area contributed by atoms with Crippen molar-refractivity contribution in [3.8, 4) is 0 Å². The summed E-state index contributed by atoms with van der Waals surface area (Å²) in [6.07, 6.45) is 3.62. The van der Waals surface area contributed by atoms with Gasteiger partial charge in [-0.3, -0.25) is 19.6 Å². The molecule has 5 nitrogen and oxygen atoms in total. The zero-order chi connectivity index (χ0) is 17.6. The number of carbonyl (C=O) groups is 1. The monoisotopic (exact) mass is 338 g/mol. The fraction of sp³-hybridized carbons (Fsp3) is 0.400. The number of rotatable bonds is 5.